The average Bonchev–Trinajstić information content (AvgIpc) is 3.24. The maximum Gasteiger partial charge on any atom is 0.309 e. The molecule has 6 nitrogen and oxygen atoms in total. The molecule has 4 aromatic rings. The highest BCUT2D eigenvalue weighted by atomic mass is 35.5. The molecule has 1 fully saturated rings. The van der Waals surface area contributed by atoms with Crippen LogP contribution in [-0.4, -0.2) is 27.1 Å². The van der Waals surface area contributed by atoms with E-state index >= 15 is 0 Å². The Labute approximate surface area is 220 Å². The van der Waals surface area contributed by atoms with Crippen molar-refractivity contribution < 1.29 is 14.6 Å². The van der Waals surface area contributed by atoms with E-state index < -0.39 is 11.4 Å². The minimum atomic E-state index is -0.771. The molecule has 0 spiro atoms. The summed E-state index contributed by atoms with van der Waals surface area (Å²) in [6.07, 6.45) is 2.89. The number of carboxylic acid groups (broad SMARTS) is 1. The summed E-state index contributed by atoms with van der Waals surface area (Å²) in [6.45, 7) is 3.57. The minimum absolute atomic E-state index is 0.0959. The number of benzene rings is 2. The van der Waals surface area contributed by atoms with Gasteiger partial charge in [-0.1, -0.05) is 66.2 Å². The van der Waals surface area contributed by atoms with Gasteiger partial charge in [0.1, 0.15) is 23.3 Å². The standard InChI is InChI=1S/C30H28ClN3O3/c1-30(2,29(35)36)21-12-14-22(15-13-21)37-28-23(17-32)27-25(33-28)16-24(31)26(34-27)20-10-8-19(9-11-20)18-6-4-3-5-7-18/h3-11,16,21-22,33H,12-15H2,1-2H3,(H,35,36)/t21-,22-. The molecular weight excluding hydrogens is 486 g/mol. The predicted molar refractivity (Wildman–Crippen MR) is 144 cm³/mol. The van der Waals surface area contributed by atoms with E-state index in [0.717, 1.165) is 42.4 Å². The van der Waals surface area contributed by atoms with Gasteiger partial charge in [0, 0.05) is 5.56 Å². The van der Waals surface area contributed by atoms with E-state index in [9.17, 15) is 15.2 Å². The third kappa shape index (κ3) is 4.80. The number of nitriles is 1. The van der Waals surface area contributed by atoms with Crippen LogP contribution in [0.3, 0.4) is 0 Å². The van der Waals surface area contributed by atoms with Crippen LogP contribution in [0.25, 0.3) is 33.4 Å². The number of carbonyl (C=O) groups is 1. The molecular formula is C30H28ClN3O3. The zero-order chi connectivity index (χ0) is 26.2. The van der Waals surface area contributed by atoms with E-state index in [4.69, 9.17) is 21.3 Å². The Morgan fingerprint density at radius 3 is 2.30 bits per heavy atom. The normalized spacial score (nSPS) is 17.9. The average molecular weight is 514 g/mol. The number of fused-ring (bicyclic) bond motifs is 1. The maximum atomic E-state index is 11.6. The highest BCUT2D eigenvalue weighted by Gasteiger charge is 2.39. The molecule has 0 atom stereocenters. The van der Waals surface area contributed by atoms with Crippen LogP contribution in [0.4, 0.5) is 0 Å². The van der Waals surface area contributed by atoms with Crippen molar-refractivity contribution in [2.24, 2.45) is 11.3 Å². The third-order valence-electron chi connectivity index (χ3n) is 7.60. The molecule has 1 aliphatic carbocycles. The SMILES string of the molecule is CC(C)(C(=O)O)[C@H]1CC[C@H](Oc2[nH]c3cc(Cl)c(-c4ccc(-c5ccccc5)cc4)nc3c2C#N)CC1. The van der Waals surface area contributed by atoms with Gasteiger partial charge in [-0.15, -0.1) is 0 Å². The number of halogens is 1. The van der Waals surface area contributed by atoms with Crippen molar-refractivity contribution in [1.29, 1.82) is 5.26 Å². The van der Waals surface area contributed by atoms with E-state index in [2.05, 4.69) is 23.2 Å². The van der Waals surface area contributed by atoms with Crippen molar-refractivity contribution in [3.05, 3.63) is 71.2 Å². The van der Waals surface area contributed by atoms with Crippen molar-refractivity contribution >= 4 is 28.6 Å². The van der Waals surface area contributed by atoms with E-state index in [1.54, 1.807) is 19.9 Å². The van der Waals surface area contributed by atoms with Crippen LogP contribution in [0.5, 0.6) is 5.88 Å². The molecule has 1 aliphatic rings. The number of aliphatic carboxylic acids is 1. The number of hydrogen-bond acceptors (Lipinski definition) is 4. The summed E-state index contributed by atoms with van der Waals surface area (Å²) in [5.74, 6) is -0.286. The number of nitrogens with one attached hydrogen (secondary N) is 1. The Hall–Kier alpha value is -3.82. The van der Waals surface area contributed by atoms with Crippen molar-refractivity contribution in [3.8, 4) is 34.3 Å². The lowest BCUT2D eigenvalue weighted by Gasteiger charge is -2.36. The second-order valence-corrected chi connectivity index (χ2v) is 10.6. The van der Waals surface area contributed by atoms with Gasteiger partial charge < -0.3 is 14.8 Å². The lowest BCUT2D eigenvalue weighted by Crippen LogP contribution is -2.37. The summed E-state index contributed by atoms with van der Waals surface area (Å²) in [5, 5.41) is 20.0. The van der Waals surface area contributed by atoms with Gasteiger partial charge in [0.2, 0.25) is 5.88 Å². The molecule has 2 heterocycles. The fourth-order valence-corrected chi connectivity index (χ4v) is 5.42. The monoisotopic (exact) mass is 513 g/mol. The van der Waals surface area contributed by atoms with Gasteiger partial charge in [0.25, 0.3) is 0 Å². The molecule has 188 valence electrons. The van der Waals surface area contributed by atoms with Gasteiger partial charge >= 0.3 is 5.97 Å². The van der Waals surface area contributed by atoms with Crippen molar-refractivity contribution in [3.63, 3.8) is 0 Å². The maximum absolute atomic E-state index is 11.6. The highest BCUT2D eigenvalue weighted by Crippen LogP contribution is 2.40. The van der Waals surface area contributed by atoms with Crippen LogP contribution in [-0.2, 0) is 4.79 Å². The second-order valence-electron chi connectivity index (χ2n) is 10.2. The molecule has 0 bridgehead atoms. The Morgan fingerprint density at radius 2 is 1.68 bits per heavy atom. The zero-order valence-electron chi connectivity index (χ0n) is 20.8. The summed E-state index contributed by atoms with van der Waals surface area (Å²) in [7, 11) is 0. The number of pyridine rings is 1. The van der Waals surface area contributed by atoms with Gasteiger partial charge in [-0.2, -0.15) is 5.26 Å². The van der Waals surface area contributed by atoms with E-state index in [1.165, 1.54) is 0 Å². The van der Waals surface area contributed by atoms with Crippen LogP contribution in [0.1, 0.15) is 45.1 Å². The van der Waals surface area contributed by atoms with E-state index in [0.29, 0.717) is 33.2 Å². The van der Waals surface area contributed by atoms with Crippen LogP contribution in [0.2, 0.25) is 5.02 Å². The smallest absolute Gasteiger partial charge is 0.309 e. The first-order valence-corrected chi connectivity index (χ1v) is 12.8. The number of H-pyrrole nitrogens is 1. The largest absolute Gasteiger partial charge is 0.481 e. The number of aromatic nitrogens is 2. The summed E-state index contributed by atoms with van der Waals surface area (Å²) >= 11 is 6.62. The topological polar surface area (TPSA) is 99.0 Å². The molecule has 0 saturated heterocycles. The Balaban J connectivity index is 1.39. The molecule has 2 N–H and O–H groups in total. The molecule has 0 radical (unpaired) electrons. The Bertz CT molecular complexity index is 1480. The molecule has 7 heteroatoms. The van der Waals surface area contributed by atoms with Crippen molar-refractivity contribution in [2.45, 2.75) is 45.6 Å². The number of carboxylic acids is 1. The molecule has 2 aromatic heterocycles. The summed E-state index contributed by atoms with van der Waals surface area (Å²) in [6, 6.07) is 22.2. The fourth-order valence-electron chi connectivity index (χ4n) is 5.16. The summed E-state index contributed by atoms with van der Waals surface area (Å²) < 4.78 is 6.23. The lowest BCUT2D eigenvalue weighted by molar-refractivity contribution is -0.151. The Kier molecular flexibility index (Phi) is 6.66. The van der Waals surface area contributed by atoms with Gasteiger partial charge in [0.15, 0.2) is 0 Å². The quantitative estimate of drug-likeness (QED) is 0.278. The van der Waals surface area contributed by atoms with Gasteiger partial charge in [-0.3, -0.25) is 4.79 Å². The van der Waals surface area contributed by atoms with Gasteiger partial charge in [-0.05, 0) is 62.6 Å². The number of ether oxygens (including phenoxy) is 1. The van der Waals surface area contributed by atoms with Crippen molar-refractivity contribution in [2.75, 3.05) is 0 Å². The summed E-state index contributed by atoms with van der Waals surface area (Å²) in [4.78, 5) is 19.6. The first kappa shape index (κ1) is 24.9. The number of hydrogen-bond donors (Lipinski definition) is 2. The van der Waals surface area contributed by atoms with E-state index in [1.807, 2.05) is 42.5 Å². The molecule has 37 heavy (non-hydrogen) atoms. The number of nitrogens with zero attached hydrogens (tertiary/aromatic N) is 2. The van der Waals surface area contributed by atoms with Gasteiger partial charge in [0.05, 0.1) is 21.6 Å². The molecule has 5 rings (SSSR count). The first-order chi connectivity index (χ1) is 17.8. The molecule has 1 saturated carbocycles. The van der Waals surface area contributed by atoms with Crippen LogP contribution in [0, 0.1) is 22.7 Å². The highest BCUT2D eigenvalue weighted by molar-refractivity contribution is 6.33. The fraction of sp³-hybridized carbons (Fsp3) is 0.300. The van der Waals surface area contributed by atoms with E-state index in [-0.39, 0.29) is 12.0 Å². The number of aromatic amines is 1. The second kappa shape index (κ2) is 9.91. The van der Waals surface area contributed by atoms with Crippen LogP contribution >= 0.6 is 11.6 Å². The predicted octanol–water partition coefficient (Wildman–Crippen LogP) is 7.47. The van der Waals surface area contributed by atoms with Crippen LogP contribution in [0.15, 0.2) is 60.7 Å². The zero-order valence-corrected chi connectivity index (χ0v) is 21.5. The molecule has 0 unspecified atom stereocenters. The first-order valence-electron chi connectivity index (χ1n) is 12.5. The van der Waals surface area contributed by atoms with Crippen molar-refractivity contribution in [1.82, 2.24) is 9.97 Å². The third-order valence-corrected chi connectivity index (χ3v) is 7.88. The molecule has 2 aromatic carbocycles. The Morgan fingerprint density at radius 1 is 1.05 bits per heavy atom. The lowest BCUT2D eigenvalue weighted by atomic mass is 9.70. The number of rotatable bonds is 6. The van der Waals surface area contributed by atoms with Crippen LogP contribution < -0.4 is 4.74 Å². The summed E-state index contributed by atoms with van der Waals surface area (Å²) in [5.41, 5.74) is 4.43. The minimum Gasteiger partial charge on any atom is -0.481 e. The van der Waals surface area contributed by atoms with Gasteiger partial charge in [-0.25, -0.2) is 4.98 Å². The molecule has 0 aliphatic heterocycles. The molecule has 0 amide bonds.